The van der Waals surface area contributed by atoms with Crippen LogP contribution in [0, 0.1) is 0 Å². The van der Waals surface area contributed by atoms with E-state index in [9.17, 15) is 9.59 Å². The molecular weight excluding hydrogens is 380 g/mol. The van der Waals surface area contributed by atoms with E-state index < -0.39 is 6.04 Å². The van der Waals surface area contributed by atoms with Crippen LogP contribution < -0.4 is 5.32 Å². The SMILES string of the molecule is CNC(=O)C1COCCN1C(=O)c1cc2ccc(-c3ccc(C(C)C)cc3)n2cn1. The van der Waals surface area contributed by atoms with E-state index in [2.05, 4.69) is 48.4 Å². The Morgan fingerprint density at radius 1 is 1.17 bits per heavy atom. The summed E-state index contributed by atoms with van der Waals surface area (Å²) in [6, 6.07) is 13.6. The molecular formula is C23H26N4O3. The Balaban J connectivity index is 1.63. The summed E-state index contributed by atoms with van der Waals surface area (Å²) in [4.78, 5) is 31.2. The van der Waals surface area contributed by atoms with Gasteiger partial charge in [-0.1, -0.05) is 38.1 Å². The molecule has 1 fully saturated rings. The minimum Gasteiger partial charge on any atom is -0.377 e. The van der Waals surface area contributed by atoms with Crippen molar-refractivity contribution >= 4 is 17.3 Å². The summed E-state index contributed by atoms with van der Waals surface area (Å²) in [7, 11) is 1.56. The van der Waals surface area contributed by atoms with Crippen LogP contribution in [-0.2, 0) is 9.53 Å². The molecule has 1 N–H and O–H groups in total. The maximum Gasteiger partial charge on any atom is 0.273 e. The molecule has 0 spiro atoms. The van der Waals surface area contributed by atoms with Gasteiger partial charge in [-0.15, -0.1) is 0 Å². The van der Waals surface area contributed by atoms with Gasteiger partial charge in [0.15, 0.2) is 0 Å². The van der Waals surface area contributed by atoms with Crippen molar-refractivity contribution in [2.75, 3.05) is 26.8 Å². The first-order valence-electron chi connectivity index (χ1n) is 10.2. The van der Waals surface area contributed by atoms with Gasteiger partial charge in [0, 0.05) is 19.1 Å². The smallest absolute Gasteiger partial charge is 0.273 e. The normalized spacial score (nSPS) is 16.8. The summed E-state index contributed by atoms with van der Waals surface area (Å²) in [5.74, 6) is -0.0190. The Bertz CT molecular complexity index is 1070. The van der Waals surface area contributed by atoms with Crippen molar-refractivity contribution in [2.45, 2.75) is 25.8 Å². The van der Waals surface area contributed by atoms with E-state index in [1.807, 2.05) is 16.5 Å². The molecule has 3 heterocycles. The highest BCUT2D eigenvalue weighted by Crippen LogP contribution is 2.25. The van der Waals surface area contributed by atoms with E-state index in [4.69, 9.17) is 4.74 Å². The van der Waals surface area contributed by atoms with E-state index in [-0.39, 0.29) is 18.4 Å². The Morgan fingerprint density at radius 2 is 1.93 bits per heavy atom. The van der Waals surface area contributed by atoms with E-state index in [1.165, 1.54) is 10.5 Å². The van der Waals surface area contributed by atoms with Crippen LogP contribution in [0.3, 0.4) is 0 Å². The van der Waals surface area contributed by atoms with Gasteiger partial charge in [-0.25, -0.2) is 4.98 Å². The number of likely N-dealkylation sites (N-methyl/N-ethyl adjacent to an activating group) is 1. The van der Waals surface area contributed by atoms with Crippen LogP contribution >= 0.6 is 0 Å². The molecule has 0 aliphatic carbocycles. The Labute approximate surface area is 175 Å². The molecule has 2 amide bonds. The second-order valence-electron chi connectivity index (χ2n) is 7.77. The quantitative estimate of drug-likeness (QED) is 0.723. The van der Waals surface area contributed by atoms with E-state index in [0.717, 1.165) is 16.8 Å². The number of fused-ring (bicyclic) bond motifs is 1. The minimum atomic E-state index is -0.643. The molecule has 0 saturated carbocycles. The molecule has 30 heavy (non-hydrogen) atoms. The third-order valence-corrected chi connectivity index (χ3v) is 5.58. The van der Waals surface area contributed by atoms with Gasteiger partial charge in [0.1, 0.15) is 18.1 Å². The lowest BCUT2D eigenvalue weighted by molar-refractivity contribution is -0.130. The van der Waals surface area contributed by atoms with Gasteiger partial charge in [-0.2, -0.15) is 0 Å². The third-order valence-electron chi connectivity index (χ3n) is 5.58. The Hall–Kier alpha value is -3.19. The van der Waals surface area contributed by atoms with Gasteiger partial charge in [-0.05, 0) is 35.2 Å². The molecule has 3 aromatic rings. The molecule has 156 valence electrons. The van der Waals surface area contributed by atoms with Crippen LogP contribution in [0.2, 0.25) is 0 Å². The number of carbonyl (C=O) groups is 2. The first-order valence-corrected chi connectivity index (χ1v) is 10.2. The molecule has 1 aromatic carbocycles. The highest BCUT2D eigenvalue weighted by Gasteiger charge is 2.33. The van der Waals surface area contributed by atoms with Gasteiger partial charge in [0.2, 0.25) is 5.91 Å². The van der Waals surface area contributed by atoms with Gasteiger partial charge in [0.05, 0.1) is 18.9 Å². The molecule has 1 saturated heterocycles. The van der Waals surface area contributed by atoms with E-state index in [0.29, 0.717) is 24.8 Å². The summed E-state index contributed by atoms with van der Waals surface area (Å²) in [5.41, 5.74) is 4.59. The fourth-order valence-corrected chi connectivity index (χ4v) is 3.78. The van der Waals surface area contributed by atoms with Crippen molar-refractivity contribution in [2.24, 2.45) is 0 Å². The van der Waals surface area contributed by atoms with Crippen LogP contribution in [0.5, 0.6) is 0 Å². The largest absolute Gasteiger partial charge is 0.377 e. The zero-order valence-corrected chi connectivity index (χ0v) is 17.5. The number of rotatable bonds is 4. The Kier molecular flexibility index (Phi) is 5.55. The number of amides is 2. The number of hydrogen-bond donors (Lipinski definition) is 1. The van der Waals surface area contributed by atoms with Crippen LogP contribution in [0.25, 0.3) is 16.8 Å². The minimum absolute atomic E-state index is 0.190. The average molecular weight is 406 g/mol. The first kappa shape index (κ1) is 20.1. The summed E-state index contributed by atoms with van der Waals surface area (Å²) < 4.78 is 7.36. The molecule has 1 atom stereocenters. The maximum absolute atomic E-state index is 13.1. The molecule has 1 aliphatic heterocycles. The molecule has 0 bridgehead atoms. The highest BCUT2D eigenvalue weighted by atomic mass is 16.5. The van der Waals surface area contributed by atoms with Crippen LogP contribution in [-0.4, -0.2) is 58.9 Å². The zero-order chi connectivity index (χ0) is 21.3. The lowest BCUT2D eigenvalue weighted by Crippen LogP contribution is -2.55. The molecule has 7 nitrogen and oxygen atoms in total. The van der Waals surface area contributed by atoms with Crippen LogP contribution in [0.15, 0.2) is 48.8 Å². The van der Waals surface area contributed by atoms with Crippen molar-refractivity contribution in [3.8, 4) is 11.3 Å². The monoisotopic (exact) mass is 406 g/mol. The third kappa shape index (κ3) is 3.68. The van der Waals surface area contributed by atoms with Crippen molar-refractivity contribution in [1.82, 2.24) is 19.6 Å². The number of ether oxygens (including phenoxy) is 1. The molecule has 2 aromatic heterocycles. The van der Waals surface area contributed by atoms with Crippen molar-refractivity contribution < 1.29 is 14.3 Å². The number of aromatic nitrogens is 2. The Morgan fingerprint density at radius 3 is 2.63 bits per heavy atom. The zero-order valence-electron chi connectivity index (χ0n) is 17.5. The number of benzene rings is 1. The lowest BCUT2D eigenvalue weighted by Gasteiger charge is -2.34. The number of nitrogens with zero attached hydrogens (tertiary/aromatic N) is 3. The molecule has 1 aliphatic rings. The predicted molar refractivity (Wildman–Crippen MR) is 114 cm³/mol. The summed E-state index contributed by atoms with van der Waals surface area (Å²) >= 11 is 0. The molecule has 4 rings (SSSR count). The summed E-state index contributed by atoms with van der Waals surface area (Å²) in [6.45, 7) is 5.30. The number of carbonyl (C=O) groups excluding carboxylic acids is 2. The highest BCUT2D eigenvalue weighted by molar-refractivity contribution is 5.97. The molecule has 1 unspecified atom stereocenters. The van der Waals surface area contributed by atoms with Crippen molar-refractivity contribution in [3.63, 3.8) is 0 Å². The lowest BCUT2D eigenvalue weighted by atomic mass is 10.0. The molecule has 7 heteroatoms. The average Bonchev–Trinajstić information content (AvgIpc) is 3.21. The van der Waals surface area contributed by atoms with Gasteiger partial charge in [-0.3, -0.25) is 9.59 Å². The van der Waals surface area contributed by atoms with Gasteiger partial charge < -0.3 is 19.4 Å². The topological polar surface area (TPSA) is 75.9 Å². The van der Waals surface area contributed by atoms with E-state index in [1.54, 1.807) is 19.4 Å². The van der Waals surface area contributed by atoms with Crippen LogP contribution in [0.4, 0.5) is 0 Å². The van der Waals surface area contributed by atoms with Gasteiger partial charge >= 0.3 is 0 Å². The predicted octanol–water partition coefficient (Wildman–Crippen LogP) is 2.71. The van der Waals surface area contributed by atoms with Gasteiger partial charge in [0.25, 0.3) is 5.91 Å². The van der Waals surface area contributed by atoms with Crippen molar-refractivity contribution in [3.05, 3.63) is 60.0 Å². The number of nitrogens with one attached hydrogen (secondary N) is 1. The standard InChI is InChI=1S/C23H26N4O3/c1-15(2)16-4-6-17(7-5-16)20-9-8-18-12-19(25-14-27(18)20)23(29)26-10-11-30-13-21(26)22(28)24-3/h4-9,12,14-15,21H,10-11,13H2,1-3H3,(H,24,28). The van der Waals surface area contributed by atoms with Crippen LogP contribution in [0.1, 0.15) is 35.8 Å². The molecule has 0 radical (unpaired) electrons. The fourth-order valence-electron chi connectivity index (χ4n) is 3.78. The maximum atomic E-state index is 13.1. The number of morpholine rings is 1. The first-order chi connectivity index (χ1) is 14.5. The fraction of sp³-hybridized carbons (Fsp3) is 0.348. The summed E-state index contributed by atoms with van der Waals surface area (Å²) in [6.07, 6.45) is 1.67. The second kappa shape index (κ2) is 8.28. The van der Waals surface area contributed by atoms with E-state index >= 15 is 0 Å². The summed E-state index contributed by atoms with van der Waals surface area (Å²) in [5, 5.41) is 2.60. The second-order valence-corrected chi connectivity index (χ2v) is 7.77. The number of hydrogen-bond acceptors (Lipinski definition) is 4. The van der Waals surface area contributed by atoms with Crippen molar-refractivity contribution in [1.29, 1.82) is 0 Å².